The number of methoxy groups -OCH3 is 1. The first-order valence-corrected chi connectivity index (χ1v) is 6.72. The summed E-state index contributed by atoms with van der Waals surface area (Å²) in [6.07, 6.45) is 0. The van der Waals surface area contributed by atoms with Crippen LogP contribution >= 0.6 is 15.9 Å². The second-order valence-electron chi connectivity index (χ2n) is 4.24. The SMILES string of the molecule is COC(=O)c1c(O)cc(=O)n(Cc2ccccc2Br)c1O. The van der Waals surface area contributed by atoms with Crippen molar-refractivity contribution in [2.75, 3.05) is 7.11 Å². The number of esters is 1. The number of carbonyl (C=O) groups is 1. The number of halogens is 1. The van der Waals surface area contributed by atoms with Crippen molar-refractivity contribution in [1.29, 1.82) is 0 Å². The normalized spacial score (nSPS) is 10.4. The third-order valence-electron chi connectivity index (χ3n) is 2.94. The number of aromatic hydroxyl groups is 2. The van der Waals surface area contributed by atoms with E-state index in [0.717, 1.165) is 27.8 Å². The third kappa shape index (κ3) is 2.92. The molecule has 7 heteroatoms. The summed E-state index contributed by atoms with van der Waals surface area (Å²) in [6, 6.07) is 8.01. The van der Waals surface area contributed by atoms with E-state index in [2.05, 4.69) is 20.7 Å². The van der Waals surface area contributed by atoms with Crippen LogP contribution in [0.2, 0.25) is 0 Å². The number of carbonyl (C=O) groups excluding carboxylic acids is 1. The molecule has 0 unspecified atom stereocenters. The average Bonchev–Trinajstić information content (AvgIpc) is 2.44. The molecule has 0 bridgehead atoms. The van der Waals surface area contributed by atoms with E-state index < -0.39 is 28.7 Å². The molecule has 6 nitrogen and oxygen atoms in total. The van der Waals surface area contributed by atoms with Crippen molar-refractivity contribution >= 4 is 21.9 Å². The van der Waals surface area contributed by atoms with Crippen LogP contribution in [0, 0.1) is 0 Å². The fourth-order valence-electron chi connectivity index (χ4n) is 1.87. The van der Waals surface area contributed by atoms with Crippen molar-refractivity contribution in [3.05, 3.63) is 56.3 Å². The molecule has 1 heterocycles. The average molecular weight is 354 g/mol. The highest BCUT2D eigenvalue weighted by molar-refractivity contribution is 9.10. The Morgan fingerprint density at radius 2 is 2.00 bits per heavy atom. The molecule has 2 N–H and O–H groups in total. The molecule has 0 fully saturated rings. The number of nitrogens with zero attached hydrogens (tertiary/aromatic N) is 1. The lowest BCUT2D eigenvalue weighted by molar-refractivity contribution is 0.0592. The minimum absolute atomic E-state index is 0.0381. The van der Waals surface area contributed by atoms with Crippen LogP contribution in [0.1, 0.15) is 15.9 Å². The Bertz CT molecular complexity index is 754. The number of pyridine rings is 1. The van der Waals surface area contributed by atoms with E-state index in [1.54, 1.807) is 18.2 Å². The van der Waals surface area contributed by atoms with E-state index in [1.807, 2.05) is 6.07 Å². The smallest absolute Gasteiger partial charge is 0.347 e. The van der Waals surface area contributed by atoms with Crippen LogP contribution < -0.4 is 5.56 Å². The summed E-state index contributed by atoms with van der Waals surface area (Å²) in [5.74, 6) is -2.18. The summed E-state index contributed by atoms with van der Waals surface area (Å²) < 4.78 is 6.22. The zero-order chi connectivity index (χ0) is 15.6. The van der Waals surface area contributed by atoms with Gasteiger partial charge in [0.05, 0.1) is 13.7 Å². The van der Waals surface area contributed by atoms with Crippen molar-refractivity contribution in [1.82, 2.24) is 4.57 Å². The minimum Gasteiger partial charge on any atom is -0.507 e. The lowest BCUT2D eigenvalue weighted by atomic mass is 10.2. The largest absolute Gasteiger partial charge is 0.507 e. The summed E-state index contributed by atoms with van der Waals surface area (Å²) in [5, 5.41) is 19.7. The van der Waals surface area contributed by atoms with Gasteiger partial charge in [-0.3, -0.25) is 9.36 Å². The van der Waals surface area contributed by atoms with Crippen LogP contribution in [0.3, 0.4) is 0 Å². The second kappa shape index (κ2) is 6.01. The molecule has 21 heavy (non-hydrogen) atoms. The molecular weight excluding hydrogens is 342 g/mol. The molecule has 0 atom stereocenters. The molecule has 0 radical (unpaired) electrons. The van der Waals surface area contributed by atoms with Gasteiger partial charge in [0.2, 0.25) is 5.88 Å². The Hall–Kier alpha value is -2.28. The molecule has 0 saturated carbocycles. The Morgan fingerprint density at radius 1 is 1.33 bits per heavy atom. The predicted octanol–water partition coefficient (Wildman–Crippen LogP) is 1.86. The maximum absolute atomic E-state index is 11.9. The van der Waals surface area contributed by atoms with Crippen LogP contribution in [0.4, 0.5) is 0 Å². The first-order chi connectivity index (χ1) is 9.95. The third-order valence-corrected chi connectivity index (χ3v) is 3.71. The molecule has 110 valence electrons. The molecule has 0 amide bonds. The molecule has 0 aliphatic rings. The van der Waals surface area contributed by atoms with Crippen molar-refractivity contribution in [3.63, 3.8) is 0 Å². The molecule has 0 aliphatic heterocycles. The van der Waals surface area contributed by atoms with Crippen molar-refractivity contribution in [2.45, 2.75) is 6.54 Å². The van der Waals surface area contributed by atoms with Gasteiger partial charge >= 0.3 is 5.97 Å². The van der Waals surface area contributed by atoms with E-state index in [9.17, 15) is 19.8 Å². The van der Waals surface area contributed by atoms with Crippen LogP contribution in [0.25, 0.3) is 0 Å². The highest BCUT2D eigenvalue weighted by Crippen LogP contribution is 2.26. The molecule has 2 aromatic rings. The zero-order valence-electron chi connectivity index (χ0n) is 11.0. The lowest BCUT2D eigenvalue weighted by Crippen LogP contribution is -2.22. The van der Waals surface area contributed by atoms with Crippen LogP contribution in [0.5, 0.6) is 11.6 Å². The number of hydrogen-bond acceptors (Lipinski definition) is 5. The Morgan fingerprint density at radius 3 is 2.62 bits per heavy atom. The van der Waals surface area contributed by atoms with E-state index in [0.29, 0.717) is 0 Å². The second-order valence-corrected chi connectivity index (χ2v) is 5.09. The van der Waals surface area contributed by atoms with Gasteiger partial charge in [-0.1, -0.05) is 34.1 Å². The van der Waals surface area contributed by atoms with Crippen molar-refractivity contribution in [3.8, 4) is 11.6 Å². The minimum atomic E-state index is -0.925. The summed E-state index contributed by atoms with van der Waals surface area (Å²) in [6.45, 7) is 0.0381. The quantitative estimate of drug-likeness (QED) is 0.822. The predicted molar refractivity (Wildman–Crippen MR) is 78.6 cm³/mol. The molecule has 2 rings (SSSR count). The van der Waals surface area contributed by atoms with E-state index >= 15 is 0 Å². The first kappa shape index (κ1) is 15.1. The Balaban J connectivity index is 2.57. The summed E-state index contributed by atoms with van der Waals surface area (Å²) in [4.78, 5) is 23.5. The van der Waals surface area contributed by atoms with Gasteiger partial charge in [-0.15, -0.1) is 0 Å². The zero-order valence-corrected chi connectivity index (χ0v) is 12.6. The number of benzene rings is 1. The Kier molecular flexibility index (Phi) is 4.32. The van der Waals surface area contributed by atoms with E-state index in [4.69, 9.17) is 0 Å². The van der Waals surface area contributed by atoms with Crippen LogP contribution in [-0.4, -0.2) is 27.9 Å². The number of rotatable bonds is 3. The van der Waals surface area contributed by atoms with Gasteiger partial charge < -0.3 is 14.9 Å². The molecule has 0 aliphatic carbocycles. The fourth-order valence-corrected chi connectivity index (χ4v) is 2.28. The van der Waals surface area contributed by atoms with Gasteiger partial charge in [0.15, 0.2) is 5.56 Å². The van der Waals surface area contributed by atoms with Gasteiger partial charge in [0, 0.05) is 10.5 Å². The number of aromatic nitrogens is 1. The number of hydrogen-bond donors (Lipinski definition) is 2. The lowest BCUT2D eigenvalue weighted by Gasteiger charge is -2.13. The highest BCUT2D eigenvalue weighted by atomic mass is 79.9. The highest BCUT2D eigenvalue weighted by Gasteiger charge is 2.22. The molecular formula is C14H12BrNO5. The van der Waals surface area contributed by atoms with E-state index in [-0.39, 0.29) is 6.54 Å². The van der Waals surface area contributed by atoms with Gasteiger partial charge in [0.1, 0.15) is 5.75 Å². The van der Waals surface area contributed by atoms with Crippen LogP contribution in [0.15, 0.2) is 39.6 Å². The number of ether oxygens (including phenoxy) is 1. The first-order valence-electron chi connectivity index (χ1n) is 5.93. The van der Waals surface area contributed by atoms with Crippen molar-refractivity contribution < 1.29 is 19.7 Å². The molecule has 0 saturated heterocycles. The maximum atomic E-state index is 11.9. The topological polar surface area (TPSA) is 88.8 Å². The van der Waals surface area contributed by atoms with Gasteiger partial charge in [-0.25, -0.2) is 4.79 Å². The summed E-state index contributed by atoms with van der Waals surface area (Å²) in [5.41, 5.74) is -0.339. The monoisotopic (exact) mass is 353 g/mol. The van der Waals surface area contributed by atoms with E-state index in [1.165, 1.54) is 0 Å². The maximum Gasteiger partial charge on any atom is 0.347 e. The fraction of sp³-hybridized carbons (Fsp3) is 0.143. The van der Waals surface area contributed by atoms with Gasteiger partial charge in [-0.05, 0) is 11.6 Å². The standard InChI is InChI=1S/C14H12BrNO5/c1-21-14(20)12-10(17)6-11(18)16(13(12)19)7-8-4-2-3-5-9(8)15/h2-6,17,19H,7H2,1H3. The molecule has 1 aromatic heterocycles. The van der Waals surface area contributed by atoms with Gasteiger partial charge in [0.25, 0.3) is 5.56 Å². The molecule has 0 spiro atoms. The van der Waals surface area contributed by atoms with Gasteiger partial charge in [-0.2, -0.15) is 0 Å². The van der Waals surface area contributed by atoms with Crippen molar-refractivity contribution in [2.24, 2.45) is 0 Å². The summed E-state index contributed by atoms with van der Waals surface area (Å²) >= 11 is 3.34. The molecule has 1 aromatic carbocycles. The van der Waals surface area contributed by atoms with Crippen LogP contribution in [-0.2, 0) is 11.3 Å². The Labute approximate surface area is 128 Å². The summed E-state index contributed by atoms with van der Waals surface area (Å²) in [7, 11) is 1.12.